The van der Waals surface area contributed by atoms with Crippen LogP contribution in [-0.2, 0) is 23.9 Å². The van der Waals surface area contributed by atoms with Crippen molar-refractivity contribution in [3.63, 3.8) is 0 Å². The van der Waals surface area contributed by atoms with Crippen molar-refractivity contribution in [2.75, 3.05) is 0 Å². The minimum absolute atomic E-state index is 0.127. The van der Waals surface area contributed by atoms with Gasteiger partial charge < -0.3 is 9.47 Å². The van der Waals surface area contributed by atoms with Gasteiger partial charge in [-0.15, -0.1) is 0 Å². The van der Waals surface area contributed by atoms with Gasteiger partial charge in [0.15, 0.2) is 5.92 Å². The molecule has 162 valence electrons. The van der Waals surface area contributed by atoms with Crippen LogP contribution >= 0.6 is 0 Å². The van der Waals surface area contributed by atoms with Crippen LogP contribution in [0.25, 0.3) is 0 Å². The first-order valence-corrected chi connectivity index (χ1v) is 10.9. The standard InChI is InChI=1S/C23H40O5/c1-22(2,3)27-20(25)19(21(26)28-23(4,5)6)17-14-12-10-8-7-9-11-13-15-18(24)16-17/h17,19H,7-16H2,1-6H3. The number of rotatable bonds is 3. The highest BCUT2D eigenvalue weighted by Crippen LogP contribution is 2.30. The number of carbonyl (C=O) groups excluding carboxylic acids is 3. The quantitative estimate of drug-likeness (QED) is 0.473. The van der Waals surface area contributed by atoms with Gasteiger partial charge >= 0.3 is 11.9 Å². The molecule has 5 nitrogen and oxygen atoms in total. The van der Waals surface area contributed by atoms with E-state index in [9.17, 15) is 14.4 Å². The number of ether oxygens (including phenoxy) is 2. The summed E-state index contributed by atoms with van der Waals surface area (Å²) in [6, 6.07) is 0. The predicted octanol–water partition coefficient (Wildman–Crippen LogP) is 5.39. The lowest BCUT2D eigenvalue weighted by molar-refractivity contribution is -0.177. The number of Topliss-reactive ketones (excluding diaryl/α,β-unsaturated/α-hetero) is 1. The minimum Gasteiger partial charge on any atom is -0.459 e. The Labute approximate surface area is 170 Å². The van der Waals surface area contributed by atoms with E-state index < -0.39 is 29.1 Å². The average molecular weight is 397 g/mol. The summed E-state index contributed by atoms with van der Waals surface area (Å²) < 4.78 is 11.1. The summed E-state index contributed by atoms with van der Waals surface area (Å²) in [4.78, 5) is 38.4. The number of hydrogen-bond donors (Lipinski definition) is 0. The van der Waals surface area contributed by atoms with E-state index in [0.717, 1.165) is 32.1 Å². The fraction of sp³-hybridized carbons (Fsp3) is 0.870. The van der Waals surface area contributed by atoms with Crippen molar-refractivity contribution in [2.45, 2.75) is 117 Å². The fourth-order valence-corrected chi connectivity index (χ4v) is 3.61. The maximum atomic E-state index is 12.9. The Kier molecular flexibility index (Phi) is 9.65. The van der Waals surface area contributed by atoms with Crippen molar-refractivity contribution in [1.82, 2.24) is 0 Å². The van der Waals surface area contributed by atoms with Gasteiger partial charge in [0.2, 0.25) is 0 Å². The lowest BCUT2D eigenvalue weighted by Crippen LogP contribution is -2.41. The highest BCUT2D eigenvalue weighted by molar-refractivity contribution is 5.96. The van der Waals surface area contributed by atoms with E-state index in [1.165, 1.54) is 12.8 Å². The van der Waals surface area contributed by atoms with Crippen LogP contribution in [0.15, 0.2) is 0 Å². The molecule has 0 aromatic rings. The van der Waals surface area contributed by atoms with Crippen LogP contribution in [0.5, 0.6) is 0 Å². The SMILES string of the molecule is CC(C)(C)OC(=O)C(C(=O)OC(C)(C)C)C1CCCCCCCCCC(=O)C1. The van der Waals surface area contributed by atoms with Crippen molar-refractivity contribution < 1.29 is 23.9 Å². The zero-order valence-electron chi connectivity index (χ0n) is 18.8. The molecule has 0 aromatic heterocycles. The largest absolute Gasteiger partial charge is 0.459 e. The summed E-state index contributed by atoms with van der Waals surface area (Å²) in [6.07, 6.45) is 8.84. The molecule has 28 heavy (non-hydrogen) atoms. The molecule has 0 N–H and O–H groups in total. The Bertz CT molecular complexity index is 496. The number of hydrogen-bond acceptors (Lipinski definition) is 5. The molecule has 0 saturated heterocycles. The first kappa shape index (κ1) is 24.6. The van der Waals surface area contributed by atoms with Crippen LogP contribution in [-0.4, -0.2) is 28.9 Å². The van der Waals surface area contributed by atoms with E-state index in [-0.39, 0.29) is 18.1 Å². The van der Waals surface area contributed by atoms with Gasteiger partial charge in [0.05, 0.1) is 0 Å². The molecule has 0 radical (unpaired) electrons. The summed E-state index contributed by atoms with van der Waals surface area (Å²) >= 11 is 0. The smallest absolute Gasteiger partial charge is 0.321 e. The molecule has 1 saturated carbocycles. The van der Waals surface area contributed by atoms with Crippen molar-refractivity contribution >= 4 is 17.7 Å². The molecule has 1 aliphatic rings. The summed E-state index contributed by atoms with van der Waals surface area (Å²) in [7, 11) is 0. The fourth-order valence-electron chi connectivity index (χ4n) is 3.61. The molecule has 1 unspecified atom stereocenters. The van der Waals surface area contributed by atoms with Crippen molar-refractivity contribution in [1.29, 1.82) is 0 Å². The molecule has 5 heteroatoms. The maximum Gasteiger partial charge on any atom is 0.321 e. The predicted molar refractivity (Wildman–Crippen MR) is 110 cm³/mol. The molecule has 1 fully saturated rings. The molecule has 0 aliphatic heterocycles. The second-order valence-electron chi connectivity index (χ2n) is 10.1. The number of carbonyl (C=O) groups is 3. The van der Waals surface area contributed by atoms with Crippen LogP contribution < -0.4 is 0 Å². The van der Waals surface area contributed by atoms with Gasteiger partial charge in [0.25, 0.3) is 0 Å². The van der Waals surface area contributed by atoms with Crippen LogP contribution in [0.1, 0.15) is 106 Å². The van der Waals surface area contributed by atoms with Crippen LogP contribution in [0.4, 0.5) is 0 Å². The average Bonchev–Trinajstić information content (AvgIpc) is 2.47. The van der Waals surface area contributed by atoms with Crippen LogP contribution in [0, 0.1) is 11.8 Å². The molecule has 0 bridgehead atoms. The Morgan fingerprint density at radius 3 is 1.68 bits per heavy atom. The molecule has 1 aliphatic carbocycles. The Morgan fingerprint density at radius 2 is 1.21 bits per heavy atom. The lowest BCUT2D eigenvalue weighted by Gasteiger charge is -2.30. The third-order valence-corrected chi connectivity index (χ3v) is 4.81. The highest BCUT2D eigenvalue weighted by atomic mass is 16.6. The van der Waals surface area contributed by atoms with Crippen LogP contribution in [0.3, 0.4) is 0 Å². The third kappa shape index (κ3) is 10.2. The topological polar surface area (TPSA) is 69.7 Å². The van der Waals surface area contributed by atoms with Gasteiger partial charge in [-0.2, -0.15) is 0 Å². The number of ketones is 1. The Morgan fingerprint density at radius 1 is 0.786 bits per heavy atom. The van der Waals surface area contributed by atoms with Crippen LogP contribution in [0.2, 0.25) is 0 Å². The summed E-state index contributed by atoms with van der Waals surface area (Å²) in [5.74, 6) is -2.44. The summed E-state index contributed by atoms with van der Waals surface area (Å²) in [5, 5.41) is 0. The third-order valence-electron chi connectivity index (χ3n) is 4.81. The normalized spacial score (nSPS) is 20.8. The van der Waals surface area contributed by atoms with Gasteiger partial charge in [0.1, 0.15) is 17.0 Å². The van der Waals surface area contributed by atoms with Gasteiger partial charge in [-0.25, -0.2) is 0 Å². The molecular formula is C23H40O5. The van der Waals surface area contributed by atoms with E-state index >= 15 is 0 Å². The van der Waals surface area contributed by atoms with E-state index in [4.69, 9.17) is 9.47 Å². The van der Waals surface area contributed by atoms with Gasteiger partial charge in [-0.05, 0) is 60.3 Å². The number of esters is 2. The van der Waals surface area contributed by atoms with Crippen molar-refractivity contribution in [3.05, 3.63) is 0 Å². The van der Waals surface area contributed by atoms with Gasteiger partial charge in [0, 0.05) is 12.8 Å². The molecule has 0 amide bonds. The lowest BCUT2D eigenvalue weighted by atomic mass is 9.82. The van der Waals surface area contributed by atoms with E-state index in [2.05, 4.69) is 0 Å². The maximum absolute atomic E-state index is 12.9. The molecule has 1 rings (SSSR count). The zero-order valence-corrected chi connectivity index (χ0v) is 18.8. The van der Waals surface area contributed by atoms with E-state index in [1.54, 1.807) is 41.5 Å². The molecule has 0 heterocycles. The monoisotopic (exact) mass is 396 g/mol. The Hall–Kier alpha value is -1.39. The first-order valence-electron chi connectivity index (χ1n) is 10.9. The molecule has 0 aromatic carbocycles. The summed E-state index contributed by atoms with van der Waals surface area (Å²) in [6.45, 7) is 10.7. The molecule has 1 atom stereocenters. The van der Waals surface area contributed by atoms with Crippen molar-refractivity contribution in [2.24, 2.45) is 11.8 Å². The second-order valence-corrected chi connectivity index (χ2v) is 10.1. The molecule has 0 spiro atoms. The van der Waals surface area contributed by atoms with Gasteiger partial charge in [-0.1, -0.05) is 38.5 Å². The summed E-state index contributed by atoms with van der Waals surface area (Å²) in [5.41, 5.74) is -1.40. The zero-order chi connectivity index (χ0) is 21.4. The molecular weight excluding hydrogens is 356 g/mol. The highest BCUT2D eigenvalue weighted by Gasteiger charge is 2.41. The minimum atomic E-state index is -1.05. The van der Waals surface area contributed by atoms with E-state index in [1.807, 2.05) is 0 Å². The van der Waals surface area contributed by atoms with Gasteiger partial charge in [-0.3, -0.25) is 14.4 Å². The first-order chi connectivity index (χ1) is 12.9. The second kappa shape index (κ2) is 11.0. The van der Waals surface area contributed by atoms with Crippen molar-refractivity contribution in [3.8, 4) is 0 Å². The van der Waals surface area contributed by atoms with E-state index in [0.29, 0.717) is 12.8 Å². The Balaban J connectivity index is 3.07.